The summed E-state index contributed by atoms with van der Waals surface area (Å²) in [4.78, 5) is 37.6. The highest BCUT2D eigenvalue weighted by atomic mass is 16.6. The van der Waals surface area contributed by atoms with Gasteiger partial charge in [0.15, 0.2) is 11.9 Å². The predicted octanol–water partition coefficient (Wildman–Crippen LogP) is 3.18. The van der Waals surface area contributed by atoms with E-state index in [1.807, 2.05) is 13.8 Å². The summed E-state index contributed by atoms with van der Waals surface area (Å²) in [5, 5.41) is 0. The fraction of sp³-hybridized carbons (Fsp3) is 0.833. The Hall–Kier alpha value is -1.59. The predicted molar refractivity (Wildman–Crippen MR) is 90.6 cm³/mol. The number of hydrogen-bond donors (Lipinski definition) is 0. The van der Waals surface area contributed by atoms with Gasteiger partial charge in [-0.05, 0) is 32.1 Å². The van der Waals surface area contributed by atoms with Gasteiger partial charge in [-0.2, -0.15) is 0 Å². The van der Waals surface area contributed by atoms with E-state index in [1.165, 1.54) is 4.90 Å². The lowest BCUT2D eigenvalue weighted by Gasteiger charge is -2.23. The standard InChI is InChI=1S/C18H31NO5/c1-13-10-8-12-23-17(21)14(2)9-6-5-7-11-15(16(13)20)24-18(22)19(3)4/h13-15H,5-12H2,1-4H3. The van der Waals surface area contributed by atoms with Gasteiger partial charge in [-0.15, -0.1) is 0 Å². The average molecular weight is 341 g/mol. The van der Waals surface area contributed by atoms with Crippen molar-refractivity contribution in [2.24, 2.45) is 11.8 Å². The number of carbonyl (C=O) groups excluding carboxylic acids is 3. The Kier molecular flexibility index (Phi) is 8.79. The molecule has 0 aromatic heterocycles. The van der Waals surface area contributed by atoms with Crippen LogP contribution in [0, 0.1) is 11.8 Å². The van der Waals surface area contributed by atoms with Crippen molar-refractivity contribution in [2.45, 2.75) is 64.9 Å². The van der Waals surface area contributed by atoms with Crippen molar-refractivity contribution in [1.82, 2.24) is 4.90 Å². The summed E-state index contributed by atoms with van der Waals surface area (Å²) in [6.07, 6.45) is 4.01. The summed E-state index contributed by atoms with van der Waals surface area (Å²) in [6, 6.07) is 0. The molecule has 1 amide bonds. The molecule has 138 valence electrons. The maximum absolute atomic E-state index is 12.6. The van der Waals surface area contributed by atoms with E-state index in [-0.39, 0.29) is 23.6 Å². The van der Waals surface area contributed by atoms with E-state index in [0.29, 0.717) is 25.9 Å². The largest absolute Gasteiger partial charge is 0.465 e. The molecule has 1 aliphatic rings. The number of carbonyl (C=O) groups is 3. The molecule has 1 saturated heterocycles. The number of hydrogen-bond acceptors (Lipinski definition) is 5. The van der Waals surface area contributed by atoms with Crippen LogP contribution in [0.1, 0.15) is 58.8 Å². The third-order valence-electron chi connectivity index (χ3n) is 4.44. The first-order valence-corrected chi connectivity index (χ1v) is 8.91. The molecule has 0 aromatic carbocycles. The normalized spacial score (nSPS) is 27.8. The molecule has 1 aliphatic heterocycles. The van der Waals surface area contributed by atoms with Crippen LogP contribution in [0.25, 0.3) is 0 Å². The Morgan fingerprint density at radius 1 is 1.00 bits per heavy atom. The summed E-state index contributed by atoms with van der Waals surface area (Å²) >= 11 is 0. The van der Waals surface area contributed by atoms with Gasteiger partial charge in [0.25, 0.3) is 0 Å². The van der Waals surface area contributed by atoms with E-state index >= 15 is 0 Å². The van der Waals surface area contributed by atoms with Crippen molar-refractivity contribution in [3.63, 3.8) is 0 Å². The summed E-state index contributed by atoms with van der Waals surface area (Å²) < 4.78 is 10.6. The zero-order valence-electron chi connectivity index (χ0n) is 15.4. The molecule has 3 unspecified atom stereocenters. The summed E-state index contributed by atoms with van der Waals surface area (Å²) in [6.45, 7) is 4.07. The number of Topliss-reactive ketones (excluding diaryl/α,β-unsaturated/α-hetero) is 1. The van der Waals surface area contributed by atoms with E-state index in [0.717, 1.165) is 25.7 Å². The molecule has 0 saturated carbocycles. The number of esters is 1. The van der Waals surface area contributed by atoms with E-state index in [1.54, 1.807) is 14.1 Å². The molecular formula is C18H31NO5. The van der Waals surface area contributed by atoms with Gasteiger partial charge in [0.2, 0.25) is 0 Å². The first kappa shape index (κ1) is 20.5. The number of amides is 1. The minimum absolute atomic E-state index is 0.0399. The molecule has 0 N–H and O–H groups in total. The zero-order chi connectivity index (χ0) is 18.1. The Labute approximate surface area is 144 Å². The van der Waals surface area contributed by atoms with Crippen LogP contribution in [0.15, 0.2) is 0 Å². The van der Waals surface area contributed by atoms with Gasteiger partial charge in [0, 0.05) is 20.0 Å². The topological polar surface area (TPSA) is 72.9 Å². The molecule has 0 aliphatic carbocycles. The van der Waals surface area contributed by atoms with Crippen LogP contribution in [0.3, 0.4) is 0 Å². The minimum Gasteiger partial charge on any atom is -0.465 e. The minimum atomic E-state index is -0.683. The van der Waals surface area contributed by atoms with Gasteiger partial charge in [-0.25, -0.2) is 4.79 Å². The van der Waals surface area contributed by atoms with Crippen LogP contribution >= 0.6 is 0 Å². The molecular weight excluding hydrogens is 310 g/mol. The Balaban J connectivity index is 2.70. The Morgan fingerprint density at radius 2 is 1.62 bits per heavy atom. The first-order valence-electron chi connectivity index (χ1n) is 8.91. The molecule has 1 heterocycles. The van der Waals surface area contributed by atoms with Gasteiger partial charge < -0.3 is 14.4 Å². The lowest BCUT2D eigenvalue weighted by molar-refractivity contribution is -0.148. The second-order valence-corrected chi connectivity index (χ2v) is 6.92. The molecule has 6 heteroatoms. The lowest BCUT2D eigenvalue weighted by Crippen LogP contribution is -2.35. The maximum Gasteiger partial charge on any atom is 0.409 e. The second-order valence-electron chi connectivity index (χ2n) is 6.92. The van der Waals surface area contributed by atoms with Gasteiger partial charge >= 0.3 is 12.1 Å². The molecule has 0 bridgehead atoms. The molecule has 1 fully saturated rings. The van der Waals surface area contributed by atoms with E-state index in [9.17, 15) is 14.4 Å². The number of nitrogens with zero attached hydrogens (tertiary/aromatic N) is 1. The highest BCUT2D eigenvalue weighted by Gasteiger charge is 2.28. The number of cyclic esters (lactones) is 1. The summed E-state index contributed by atoms with van der Waals surface area (Å²) in [7, 11) is 3.21. The SMILES string of the molecule is CC1CCCCCC(OC(=O)N(C)C)C(=O)C(C)CCCOC1=O. The zero-order valence-corrected chi connectivity index (χ0v) is 15.4. The monoisotopic (exact) mass is 341 g/mol. The van der Waals surface area contributed by atoms with Crippen LogP contribution in [-0.4, -0.2) is 49.6 Å². The van der Waals surface area contributed by atoms with Crippen molar-refractivity contribution in [3.05, 3.63) is 0 Å². The van der Waals surface area contributed by atoms with Crippen LogP contribution in [0.5, 0.6) is 0 Å². The van der Waals surface area contributed by atoms with E-state index in [4.69, 9.17) is 9.47 Å². The van der Waals surface area contributed by atoms with Crippen molar-refractivity contribution >= 4 is 17.8 Å². The number of rotatable bonds is 1. The average Bonchev–Trinajstić information content (AvgIpc) is 2.54. The third-order valence-corrected chi connectivity index (χ3v) is 4.44. The van der Waals surface area contributed by atoms with Gasteiger partial charge in [0.05, 0.1) is 12.5 Å². The smallest absolute Gasteiger partial charge is 0.409 e. The summed E-state index contributed by atoms with van der Waals surface area (Å²) in [5.41, 5.74) is 0. The second kappa shape index (κ2) is 10.3. The van der Waals surface area contributed by atoms with Crippen molar-refractivity contribution in [3.8, 4) is 0 Å². The van der Waals surface area contributed by atoms with Crippen molar-refractivity contribution < 1.29 is 23.9 Å². The number of ketones is 1. The Morgan fingerprint density at radius 3 is 2.29 bits per heavy atom. The molecule has 1 rings (SSSR count). The van der Waals surface area contributed by atoms with Gasteiger partial charge in [-0.3, -0.25) is 9.59 Å². The van der Waals surface area contributed by atoms with Crippen LogP contribution in [-0.2, 0) is 19.1 Å². The van der Waals surface area contributed by atoms with E-state index in [2.05, 4.69) is 0 Å². The van der Waals surface area contributed by atoms with Crippen molar-refractivity contribution in [2.75, 3.05) is 20.7 Å². The highest BCUT2D eigenvalue weighted by Crippen LogP contribution is 2.19. The third kappa shape index (κ3) is 6.89. The fourth-order valence-corrected chi connectivity index (χ4v) is 2.73. The molecule has 0 aromatic rings. The van der Waals surface area contributed by atoms with Gasteiger partial charge in [0.1, 0.15) is 0 Å². The van der Waals surface area contributed by atoms with Gasteiger partial charge in [-0.1, -0.05) is 26.7 Å². The van der Waals surface area contributed by atoms with Crippen LogP contribution in [0.4, 0.5) is 4.79 Å². The van der Waals surface area contributed by atoms with E-state index < -0.39 is 12.2 Å². The first-order chi connectivity index (χ1) is 11.3. The summed E-state index contributed by atoms with van der Waals surface area (Å²) in [5.74, 6) is -0.496. The van der Waals surface area contributed by atoms with Crippen LogP contribution in [0.2, 0.25) is 0 Å². The molecule has 3 atom stereocenters. The molecule has 0 spiro atoms. The number of ether oxygens (including phenoxy) is 2. The van der Waals surface area contributed by atoms with Crippen molar-refractivity contribution in [1.29, 1.82) is 0 Å². The molecule has 6 nitrogen and oxygen atoms in total. The fourth-order valence-electron chi connectivity index (χ4n) is 2.73. The highest BCUT2D eigenvalue weighted by molar-refractivity contribution is 5.87. The maximum atomic E-state index is 12.6. The lowest BCUT2D eigenvalue weighted by atomic mass is 9.93. The molecule has 24 heavy (non-hydrogen) atoms. The molecule has 0 radical (unpaired) electrons. The van der Waals surface area contributed by atoms with Crippen LogP contribution < -0.4 is 0 Å². The Bertz CT molecular complexity index is 435. The quantitative estimate of drug-likeness (QED) is 0.685.